The van der Waals surface area contributed by atoms with Crippen molar-refractivity contribution in [2.45, 2.75) is 45.8 Å². The van der Waals surface area contributed by atoms with Gasteiger partial charge in [0.15, 0.2) is 6.29 Å². The van der Waals surface area contributed by atoms with Gasteiger partial charge in [-0.25, -0.2) is 0 Å². The van der Waals surface area contributed by atoms with E-state index in [-0.39, 0.29) is 11.8 Å². The number of anilines is 1. The molecule has 2 rings (SSSR count). The highest BCUT2D eigenvalue weighted by Crippen LogP contribution is 2.31. The van der Waals surface area contributed by atoms with E-state index in [9.17, 15) is 4.79 Å². The highest BCUT2D eigenvalue weighted by atomic mass is 79.9. The number of nitrogens with zero attached hydrogens (tertiary/aromatic N) is 1. The summed E-state index contributed by atoms with van der Waals surface area (Å²) in [6, 6.07) is 4.13. The third kappa shape index (κ3) is 4.94. The Balaban J connectivity index is 2.38. The standard InChI is InChI=1S/C18H25BrClNO3/c1-3-13-9-15(19)10-14(4-2)18(13)21(16(22)11-20)12-17-23-7-5-6-8-24-17/h9-10,17H,3-8,11-12H2,1-2H3. The third-order valence-electron chi connectivity index (χ3n) is 4.16. The largest absolute Gasteiger partial charge is 0.351 e. The van der Waals surface area contributed by atoms with Crippen LogP contribution in [0, 0.1) is 0 Å². The molecule has 0 aliphatic carbocycles. The highest BCUT2D eigenvalue weighted by molar-refractivity contribution is 9.10. The van der Waals surface area contributed by atoms with Gasteiger partial charge < -0.3 is 14.4 Å². The zero-order chi connectivity index (χ0) is 17.5. The molecule has 0 saturated carbocycles. The number of hydrogen-bond acceptors (Lipinski definition) is 3. The first kappa shape index (κ1) is 19.7. The van der Waals surface area contributed by atoms with E-state index in [0.717, 1.165) is 47.0 Å². The van der Waals surface area contributed by atoms with Crippen molar-refractivity contribution in [3.05, 3.63) is 27.7 Å². The molecule has 6 heteroatoms. The second kappa shape index (κ2) is 9.76. The molecule has 1 aliphatic heterocycles. The van der Waals surface area contributed by atoms with Crippen molar-refractivity contribution in [3.63, 3.8) is 0 Å². The maximum absolute atomic E-state index is 12.6. The molecular formula is C18H25BrClNO3. The lowest BCUT2D eigenvalue weighted by atomic mass is 10.0. The van der Waals surface area contributed by atoms with E-state index in [0.29, 0.717) is 19.8 Å². The van der Waals surface area contributed by atoms with Crippen molar-refractivity contribution in [1.82, 2.24) is 0 Å². The summed E-state index contributed by atoms with van der Waals surface area (Å²) in [5.74, 6) is -0.186. The Hall–Kier alpha value is -0.620. The minimum Gasteiger partial charge on any atom is -0.351 e. The molecule has 1 aromatic carbocycles. The molecule has 0 bridgehead atoms. The molecule has 1 amide bonds. The Morgan fingerprint density at radius 2 is 1.75 bits per heavy atom. The van der Waals surface area contributed by atoms with Crippen LogP contribution < -0.4 is 4.90 Å². The molecule has 1 aromatic rings. The van der Waals surface area contributed by atoms with E-state index in [1.807, 2.05) is 0 Å². The van der Waals surface area contributed by atoms with Crippen LogP contribution in [0.1, 0.15) is 37.8 Å². The summed E-state index contributed by atoms with van der Waals surface area (Å²) in [4.78, 5) is 14.3. The van der Waals surface area contributed by atoms with Crippen LogP contribution in [0.4, 0.5) is 5.69 Å². The smallest absolute Gasteiger partial charge is 0.242 e. The van der Waals surface area contributed by atoms with Gasteiger partial charge >= 0.3 is 0 Å². The number of halogens is 2. The molecule has 134 valence electrons. The predicted octanol–water partition coefficient (Wildman–Crippen LogP) is 4.30. The van der Waals surface area contributed by atoms with Gasteiger partial charge in [-0.3, -0.25) is 4.79 Å². The van der Waals surface area contributed by atoms with E-state index < -0.39 is 6.29 Å². The van der Waals surface area contributed by atoms with Gasteiger partial charge in [0.25, 0.3) is 0 Å². The third-order valence-corrected chi connectivity index (χ3v) is 4.84. The summed E-state index contributed by atoms with van der Waals surface area (Å²) in [6.45, 7) is 5.87. The van der Waals surface area contributed by atoms with Gasteiger partial charge in [0.05, 0.1) is 12.2 Å². The zero-order valence-corrected chi connectivity index (χ0v) is 16.7. The van der Waals surface area contributed by atoms with E-state index >= 15 is 0 Å². The molecule has 0 spiro atoms. The summed E-state index contributed by atoms with van der Waals surface area (Å²) < 4.78 is 12.5. The van der Waals surface area contributed by atoms with Crippen LogP contribution in [0.15, 0.2) is 16.6 Å². The molecule has 0 atom stereocenters. The van der Waals surface area contributed by atoms with E-state index in [2.05, 4.69) is 41.9 Å². The second-order valence-corrected chi connectivity index (χ2v) is 6.98. The lowest BCUT2D eigenvalue weighted by Gasteiger charge is -2.30. The van der Waals surface area contributed by atoms with Gasteiger partial charge in [-0.15, -0.1) is 11.6 Å². The Labute approximate surface area is 157 Å². The maximum Gasteiger partial charge on any atom is 0.242 e. The minimum absolute atomic E-state index is 0.0604. The topological polar surface area (TPSA) is 38.8 Å². The normalized spacial score (nSPS) is 16.0. The van der Waals surface area contributed by atoms with Crippen LogP contribution >= 0.6 is 27.5 Å². The number of ether oxygens (including phenoxy) is 2. The van der Waals surface area contributed by atoms with Crippen molar-refractivity contribution in [1.29, 1.82) is 0 Å². The minimum atomic E-state index is -0.405. The van der Waals surface area contributed by atoms with Crippen molar-refractivity contribution in [2.24, 2.45) is 0 Å². The number of carbonyl (C=O) groups is 1. The van der Waals surface area contributed by atoms with Crippen LogP contribution in [0.5, 0.6) is 0 Å². The molecule has 0 aromatic heterocycles. The Kier molecular flexibility index (Phi) is 8.01. The maximum atomic E-state index is 12.6. The first-order valence-corrected chi connectivity index (χ1v) is 9.84. The molecule has 1 saturated heterocycles. The first-order valence-electron chi connectivity index (χ1n) is 8.51. The van der Waals surface area contributed by atoms with Crippen LogP contribution in [0.2, 0.25) is 0 Å². The molecule has 0 unspecified atom stereocenters. The quantitative estimate of drug-likeness (QED) is 0.647. The highest BCUT2D eigenvalue weighted by Gasteiger charge is 2.26. The molecule has 1 fully saturated rings. The molecule has 0 N–H and O–H groups in total. The van der Waals surface area contributed by atoms with E-state index in [1.165, 1.54) is 0 Å². The molecule has 1 aliphatic rings. The van der Waals surface area contributed by atoms with Gasteiger partial charge in [-0.1, -0.05) is 29.8 Å². The van der Waals surface area contributed by atoms with Crippen molar-refractivity contribution in [3.8, 4) is 0 Å². The fourth-order valence-corrected chi connectivity index (χ4v) is 3.63. The van der Waals surface area contributed by atoms with Gasteiger partial charge in [0.2, 0.25) is 5.91 Å². The molecule has 0 radical (unpaired) electrons. The van der Waals surface area contributed by atoms with Gasteiger partial charge in [-0.05, 0) is 48.9 Å². The summed E-state index contributed by atoms with van der Waals surface area (Å²) in [5.41, 5.74) is 3.19. The van der Waals surface area contributed by atoms with Crippen LogP contribution in [-0.4, -0.2) is 37.8 Å². The van der Waals surface area contributed by atoms with Crippen LogP contribution in [0.3, 0.4) is 0 Å². The number of hydrogen-bond donors (Lipinski definition) is 0. The average molecular weight is 419 g/mol. The summed E-state index contributed by atoms with van der Waals surface area (Å²) >= 11 is 9.45. The molecular weight excluding hydrogens is 394 g/mol. The van der Waals surface area contributed by atoms with Gasteiger partial charge in [0.1, 0.15) is 5.88 Å². The van der Waals surface area contributed by atoms with Gasteiger partial charge in [0, 0.05) is 17.7 Å². The predicted molar refractivity (Wildman–Crippen MR) is 101 cm³/mol. The SMILES string of the molecule is CCc1cc(Br)cc(CC)c1N(CC1OCCCCO1)C(=O)CCl. The summed E-state index contributed by atoms with van der Waals surface area (Å²) in [7, 11) is 0. The molecule has 1 heterocycles. The first-order chi connectivity index (χ1) is 11.6. The number of carbonyl (C=O) groups excluding carboxylic acids is 1. The van der Waals surface area contributed by atoms with Crippen LogP contribution in [-0.2, 0) is 27.1 Å². The van der Waals surface area contributed by atoms with Crippen molar-refractivity contribution in [2.75, 3.05) is 30.5 Å². The number of amides is 1. The number of aryl methyl sites for hydroxylation is 2. The fraction of sp³-hybridized carbons (Fsp3) is 0.611. The summed E-state index contributed by atoms with van der Waals surface area (Å²) in [5, 5.41) is 0. The molecule has 24 heavy (non-hydrogen) atoms. The zero-order valence-electron chi connectivity index (χ0n) is 14.3. The van der Waals surface area contributed by atoms with Gasteiger partial charge in [-0.2, -0.15) is 0 Å². The fourth-order valence-electron chi connectivity index (χ4n) is 2.93. The van der Waals surface area contributed by atoms with Crippen molar-refractivity contribution < 1.29 is 14.3 Å². The second-order valence-electron chi connectivity index (χ2n) is 5.80. The van der Waals surface area contributed by atoms with Crippen molar-refractivity contribution >= 4 is 39.1 Å². The Morgan fingerprint density at radius 1 is 1.21 bits per heavy atom. The van der Waals surface area contributed by atoms with Crippen LogP contribution in [0.25, 0.3) is 0 Å². The number of alkyl halides is 1. The summed E-state index contributed by atoms with van der Waals surface area (Å²) in [6.07, 6.45) is 3.23. The monoisotopic (exact) mass is 417 g/mol. The number of rotatable bonds is 6. The van der Waals surface area contributed by atoms with E-state index in [4.69, 9.17) is 21.1 Å². The number of benzene rings is 1. The molecule has 4 nitrogen and oxygen atoms in total. The Bertz CT molecular complexity index is 534. The van der Waals surface area contributed by atoms with E-state index in [1.54, 1.807) is 4.90 Å². The lowest BCUT2D eigenvalue weighted by Crippen LogP contribution is -2.41. The Morgan fingerprint density at radius 3 is 2.21 bits per heavy atom. The lowest BCUT2D eigenvalue weighted by molar-refractivity contribution is -0.128. The average Bonchev–Trinajstić information content (AvgIpc) is 2.87.